The highest BCUT2D eigenvalue weighted by molar-refractivity contribution is 7.90. The molecule has 0 radical (unpaired) electrons. The Kier molecular flexibility index (Phi) is 10.7. The van der Waals surface area contributed by atoms with Gasteiger partial charge in [0.15, 0.2) is 0 Å². The van der Waals surface area contributed by atoms with E-state index in [0.717, 1.165) is 26.3 Å². The summed E-state index contributed by atoms with van der Waals surface area (Å²) in [6.45, 7) is 1.56. The number of nitrogens with one attached hydrogen (secondary N) is 1. The van der Waals surface area contributed by atoms with Crippen molar-refractivity contribution in [3.8, 4) is 0 Å². The summed E-state index contributed by atoms with van der Waals surface area (Å²) in [4.78, 5) is 28.8. The second kappa shape index (κ2) is 14.0. The van der Waals surface area contributed by atoms with Crippen molar-refractivity contribution in [1.82, 2.24) is 14.5 Å². The lowest BCUT2D eigenvalue weighted by Crippen LogP contribution is -2.54. The topological polar surface area (TPSA) is 90.0 Å². The number of benzene rings is 3. The Hall–Kier alpha value is -3.83. The molecule has 0 spiro atoms. The average Bonchev–Trinajstić information content (AvgIpc) is 2.94. The van der Waals surface area contributed by atoms with E-state index >= 15 is 0 Å². The molecule has 0 aliphatic carbocycles. The van der Waals surface area contributed by atoms with Gasteiger partial charge in [0.05, 0.1) is 5.69 Å². The Morgan fingerprint density at radius 2 is 1.43 bits per heavy atom. The minimum absolute atomic E-state index is 0.0740. The number of amides is 2. The Balaban J connectivity index is 2.06. The normalized spacial score (nSPS) is 12.2. The summed E-state index contributed by atoms with van der Waals surface area (Å²) in [5.74, 6) is -2.08. The van der Waals surface area contributed by atoms with Crippen LogP contribution in [0.25, 0.3) is 0 Å². The second-order valence-electron chi connectivity index (χ2n) is 9.42. The molecule has 0 saturated carbocycles. The molecule has 0 aliphatic rings. The molecule has 214 valence electrons. The summed E-state index contributed by atoms with van der Waals surface area (Å²) in [5.41, 5.74) is 1.44. The largest absolute Gasteiger partial charge is 0.354 e. The summed E-state index contributed by atoms with van der Waals surface area (Å²) < 4.78 is 55.7. The van der Waals surface area contributed by atoms with E-state index in [1.807, 2.05) is 37.3 Å². The van der Waals surface area contributed by atoms with Gasteiger partial charge in [0, 0.05) is 33.6 Å². The van der Waals surface area contributed by atoms with Crippen molar-refractivity contribution in [2.24, 2.45) is 0 Å². The van der Waals surface area contributed by atoms with Crippen LogP contribution in [0.4, 0.5) is 14.5 Å². The molecule has 1 atom stereocenters. The molecule has 2 amide bonds. The van der Waals surface area contributed by atoms with Gasteiger partial charge in [-0.05, 0) is 53.9 Å². The molecule has 0 saturated heterocycles. The molecule has 0 aliphatic heterocycles. The van der Waals surface area contributed by atoms with Crippen molar-refractivity contribution in [1.29, 1.82) is 0 Å². The van der Waals surface area contributed by atoms with Crippen LogP contribution in [0.2, 0.25) is 0 Å². The highest BCUT2D eigenvalue weighted by atomic mass is 32.2. The number of halogens is 2. The lowest BCUT2D eigenvalue weighted by atomic mass is 10.0. The van der Waals surface area contributed by atoms with Crippen molar-refractivity contribution in [2.45, 2.75) is 32.4 Å². The first-order valence-electron chi connectivity index (χ1n) is 12.8. The number of rotatable bonds is 13. The molecule has 3 rings (SSSR count). The van der Waals surface area contributed by atoms with Crippen LogP contribution < -0.4 is 9.62 Å². The molecule has 0 aromatic heterocycles. The van der Waals surface area contributed by atoms with E-state index in [2.05, 4.69) is 5.32 Å². The smallest absolute Gasteiger partial charge is 0.304 e. The minimum Gasteiger partial charge on any atom is -0.354 e. The van der Waals surface area contributed by atoms with Crippen molar-refractivity contribution in [3.63, 3.8) is 0 Å². The van der Waals surface area contributed by atoms with Gasteiger partial charge in [0.1, 0.15) is 24.2 Å². The van der Waals surface area contributed by atoms with Crippen molar-refractivity contribution in [2.75, 3.05) is 31.5 Å². The van der Waals surface area contributed by atoms with Crippen LogP contribution in [0.15, 0.2) is 78.9 Å². The zero-order valence-electron chi connectivity index (χ0n) is 22.8. The monoisotopic (exact) mass is 572 g/mol. The Labute approximate surface area is 234 Å². The van der Waals surface area contributed by atoms with Crippen LogP contribution in [-0.2, 0) is 32.8 Å². The Morgan fingerprint density at radius 1 is 0.850 bits per heavy atom. The first-order valence-corrected chi connectivity index (χ1v) is 14.2. The minimum atomic E-state index is -4.18. The Morgan fingerprint density at radius 3 is 1.98 bits per heavy atom. The molecule has 0 unspecified atom stereocenters. The average molecular weight is 573 g/mol. The first-order chi connectivity index (χ1) is 19.0. The van der Waals surface area contributed by atoms with E-state index in [1.165, 1.54) is 55.4 Å². The highest BCUT2D eigenvalue weighted by Gasteiger charge is 2.34. The number of anilines is 1. The number of carbonyl (C=O) groups excluding carboxylic acids is 2. The van der Waals surface area contributed by atoms with Crippen LogP contribution >= 0.6 is 0 Å². The molecule has 1 N–H and O–H groups in total. The van der Waals surface area contributed by atoms with Crippen LogP contribution in [0.1, 0.15) is 24.5 Å². The molecule has 3 aromatic rings. The predicted molar refractivity (Wildman–Crippen MR) is 151 cm³/mol. The van der Waals surface area contributed by atoms with E-state index in [-0.39, 0.29) is 18.7 Å². The number of hydrogen-bond donors (Lipinski definition) is 1. The van der Waals surface area contributed by atoms with Gasteiger partial charge in [-0.25, -0.2) is 13.1 Å². The van der Waals surface area contributed by atoms with Crippen LogP contribution in [0, 0.1) is 11.6 Å². The fourth-order valence-corrected chi connectivity index (χ4v) is 5.09. The molecular formula is C29H34F2N4O4S. The van der Waals surface area contributed by atoms with Crippen LogP contribution in [0.5, 0.6) is 0 Å². The van der Waals surface area contributed by atoms with E-state index in [4.69, 9.17) is 0 Å². The SMILES string of the molecule is CCCNC(=O)[C@@H](Cc1ccccc1)N(Cc1ccc(F)cc1)C(=O)CN(c1ccc(F)cc1)S(=O)(=O)N(C)C. The van der Waals surface area contributed by atoms with Crippen LogP contribution in [-0.4, -0.2) is 62.7 Å². The van der Waals surface area contributed by atoms with E-state index in [1.54, 1.807) is 0 Å². The maximum Gasteiger partial charge on any atom is 0.304 e. The summed E-state index contributed by atoms with van der Waals surface area (Å²) >= 11 is 0. The first kappa shape index (κ1) is 30.7. The summed E-state index contributed by atoms with van der Waals surface area (Å²) in [5, 5.41) is 2.85. The summed E-state index contributed by atoms with van der Waals surface area (Å²) in [6, 6.07) is 18.4. The van der Waals surface area contributed by atoms with E-state index < -0.39 is 46.2 Å². The van der Waals surface area contributed by atoms with Gasteiger partial charge in [0.2, 0.25) is 11.8 Å². The number of hydrogen-bond acceptors (Lipinski definition) is 4. The zero-order chi connectivity index (χ0) is 29.3. The molecule has 40 heavy (non-hydrogen) atoms. The molecule has 0 heterocycles. The zero-order valence-corrected chi connectivity index (χ0v) is 23.6. The molecule has 3 aromatic carbocycles. The third kappa shape index (κ3) is 8.09. The third-order valence-electron chi connectivity index (χ3n) is 6.22. The van der Waals surface area contributed by atoms with Crippen molar-refractivity contribution in [3.05, 3.63) is 102 Å². The molecule has 0 bridgehead atoms. The molecule has 8 nitrogen and oxygen atoms in total. The van der Waals surface area contributed by atoms with E-state index in [9.17, 15) is 26.8 Å². The van der Waals surface area contributed by atoms with Gasteiger partial charge in [-0.3, -0.25) is 9.59 Å². The van der Waals surface area contributed by atoms with Gasteiger partial charge >= 0.3 is 10.2 Å². The lowest BCUT2D eigenvalue weighted by Gasteiger charge is -2.34. The number of nitrogens with zero attached hydrogens (tertiary/aromatic N) is 3. The summed E-state index contributed by atoms with van der Waals surface area (Å²) in [6.07, 6.45) is 0.843. The van der Waals surface area contributed by atoms with Crippen molar-refractivity contribution < 1.29 is 26.8 Å². The highest BCUT2D eigenvalue weighted by Crippen LogP contribution is 2.22. The molecular weight excluding hydrogens is 538 g/mol. The standard InChI is InChI=1S/C29H34F2N4O4S/c1-4-18-32-29(37)27(19-22-8-6-5-7-9-22)34(20-23-10-12-24(30)13-11-23)28(36)21-35(40(38,39)33(2)3)26-16-14-25(31)15-17-26/h5-17,27H,4,18-21H2,1-3H3,(H,32,37)/t27-/m1/s1. The third-order valence-corrected chi connectivity index (χ3v) is 8.04. The lowest BCUT2D eigenvalue weighted by molar-refractivity contribution is -0.140. The van der Waals surface area contributed by atoms with Gasteiger partial charge in [-0.15, -0.1) is 0 Å². The van der Waals surface area contributed by atoms with E-state index in [0.29, 0.717) is 18.5 Å². The van der Waals surface area contributed by atoms with Gasteiger partial charge < -0.3 is 10.2 Å². The Bertz CT molecular complexity index is 1370. The maximum atomic E-state index is 14.0. The van der Waals surface area contributed by atoms with Gasteiger partial charge in [0.25, 0.3) is 0 Å². The quantitative estimate of drug-likeness (QED) is 0.338. The fourth-order valence-electron chi connectivity index (χ4n) is 4.03. The predicted octanol–water partition coefficient (Wildman–Crippen LogP) is 3.74. The van der Waals surface area contributed by atoms with Gasteiger partial charge in [-0.1, -0.05) is 49.4 Å². The number of carbonyl (C=O) groups is 2. The molecule has 11 heteroatoms. The molecule has 0 fully saturated rings. The maximum absolute atomic E-state index is 14.0. The summed E-state index contributed by atoms with van der Waals surface area (Å²) in [7, 11) is -1.54. The fraction of sp³-hybridized carbons (Fsp3) is 0.310. The van der Waals surface area contributed by atoms with Crippen molar-refractivity contribution >= 4 is 27.7 Å². The second-order valence-corrected chi connectivity index (χ2v) is 11.5. The van der Waals surface area contributed by atoms with Gasteiger partial charge in [-0.2, -0.15) is 12.7 Å². The van der Waals surface area contributed by atoms with Crippen LogP contribution in [0.3, 0.4) is 0 Å².